The lowest BCUT2D eigenvalue weighted by molar-refractivity contribution is 0.472. The van der Waals surface area contributed by atoms with E-state index in [0.29, 0.717) is 6.54 Å². The van der Waals surface area contributed by atoms with Crippen molar-refractivity contribution in [3.63, 3.8) is 0 Å². The van der Waals surface area contributed by atoms with E-state index in [1.165, 1.54) is 17.5 Å². The number of hydrogen-bond acceptors (Lipinski definition) is 3. The zero-order chi connectivity index (χ0) is 16.2. The first-order chi connectivity index (χ1) is 11.2. The van der Waals surface area contributed by atoms with Crippen LogP contribution in [-0.2, 0) is 26.1 Å². The third-order valence-corrected chi connectivity index (χ3v) is 4.33. The van der Waals surface area contributed by atoms with Crippen LogP contribution < -0.4 is 5.32 Å². The molecule has 0 bridgehead atoms. The predicted octanol–water partition coefficient (Wildman–Crippen LogP) is 1.74. The Bertz CT molecular complexity index is 703. The SMILES string of the molecule is CN=C(NCc1nnc2n1CCC2)N(C)Cc1ccccc1C. The first-order valence-electron chi connectivity index (χ1n) is 8.06. The summed E-state index contributed by atoms with van der Waals surface area (Å²) in [7, 11) is 3.86. The monoisotopic (exact) mass is 312 g/mol. The Morgan fingerprint density at radius 2 is 2.17 bits per heavy atom. The van der Waals surface area contributed by atoms with Crippen molar-refractivity contribution >= 4 is 5.96 Å². The predicted molar refractivity (Wildman–Crippen MR) is 91.2 cm³/mol. The fraction of sp³-hybridized carbons (Fsp3) is 0.471. The normalized spacial score (nSPS) is 14.0. The van der Waals surface area contributed by atoms with Crippen LogP contribution >= 0.6 is 0 Å². The molecule has 0 fully saturated rings. The van der Waals surface area contributed by atoms with Gasteiger partial charge in [0.25, 0.3) is 0 Å². The van der Waals surface area contributed by atoms with Gasteiger partial charge in [-0.25, -0.2) is 0 Å². The summed E-state index contributed by atoms with van der Waals surface area (Å²) in [6.45, 7) is 4.64. The third-order valence-electron chi connectivity index (χ3n) is 4.33. The Kier molecular flexibility index (Phi) is 4.60. The Labute approximate surface area is 137 Å². The zero-order valence-corrected chi connectivity index (χ0v) is 14.1. The Morgan fingerprint density at radius 1 is 1.35 bits per heavy atom. The van der Waals surface area contributed by atoms with Gasteiger partial charge in [0.1, 0.15) is 5.82 Å². The summed E-state index contributed by atoms with van der Waals surface area (Å²) in [6.07, 6.45) is 2.20. The number of fused-ring (bicyclic) bond motifs is 1. The number of nitrogens with zero attached hydrogens (tertiary/aromatic N) is 5. The minimum Gasteiger partial charge on any atom is -0.349 e. The second-order valence-electron chi connectivity index (χ2n) is 5.97. The van der Waals surface area contributed by atoms with E-state index in [9.17, 15) is 0 Å². The Hall–Kier alpha value is -2.37. The standard InChI is InChI=1S/C17H24N6/c1-13-7-4-5-8-14(13)12-22(3)17(18-2)19-11-16-21-20-15-9-6-10-23(15)16/h4-5,7-8H,6,9-12H2,1-3H3,(H,18,19). The third kappa shape index (κ3) is 3.36. The van der Waals surface area contributed by atoms with Crippen molar-refractivity contribution in [2.45, 2.75) is 39.4 Å². The highest BCUT2D eigenvalue weighted by molar-refractivity contribution is 5.79. The van der Waals surface area contributed by atoms with Gasteiger partial charge in [0, 0.05) is 33.6 Å². The van der Waals surface area contributed by atoms with E-state index in [1.807, 2.05) is 7.05 Å². The number of aromatic nitrogens is 3. The molecule has 1 N–H and O–H groups in total. The average molecular weight is 312 g/mol. The van der Waals surface area contributed by atoms with E-state index >= 15 is 0 Å². The molecule has 1 aromatic heterocycles. The van der Waals surface area contributed by atoms with Gasteiger partial charge < -0.3 is 14.8 Å². The van der Waals surface area contributed by atoms with Crippen LogP contribution in [0.25, 0.3) is 0 Å². The molecule has 2 aromatic rings. The van der Waals surface area contributed by atoms with E-state index in [2.05, 4.69) is 68.2 Å². The van der Waals surface area contributed by atoms with Crippen molar-refractivity contribution in [3.05, 3.63) is 47.0 Å². The van der Waals surface area contributed by atoms with Crippen molar-refractivity contribution in [1.82, 2.24) is 25.0 Å². The number of guanidine groups is 1. The van der Waals surface area contributed by atoms with E-state index in [1.54, 1.807) is 0 Å². The number of rotatable bonds is 4. The van der Waals surface area contributed by atoms with Crippen LogP contribution in [0.1, 0.15) is 29.2 Å². The lowest BCUT2D eigenvalue weighted by Gasteiger charge is -2.22. The van der Waals surface area contributed by atoms with Crippen molar-refractivity contribution in [3.8, 4) is 0 Å². The molecular weight excluding hydrogens is 288 g/mol. The summed E-state index contributed by atoms with van der Waals surface area (Å²) in [5.41, 5.74) is 2.60. The smallest absolute Gasteiger partial charge is 0.194 e. The van der Waals surface area contributed by atoms with Gasteiger partial charge in [-0.2, -0.15) is 0 Å². The van der Waals surface area contributed by atoms with Gasteiger partial charge in [-0.15, -0.1) is 10.2 Å². The van der Waals surface area contributed by atoms with Crippen LogP contribution in [0.15, 0.2) is 29.3 Å². The van der Waals surface area contributed by atoms with Gasteiger partial charge in [-0.3, -0.25) is 4.99 Å². The van der Waals surface area contributed by atoms with Crippen molar-refractivity contribution in [1.29, 1.82) is 0 Å². The van der Waals surface area contributed by atoms with Crippen molar-refractivity contribution in [2.75, 3.05) is 14.1 Å². The zero-order valence-electron chi connectivity index (χ0n) is 14.1. The van der Waals surface area contributed by atoms with Gasteiger partial charge in [0.2, 0.25) is 0 Å². The Balaban J connectivity index is 1.62. The molecule has 1 aromatic carbocycles. The molecular formula is C17H24N6. The van der Waals surface area contributed by atoms with Crippen molar-refractivity contribution < 1.29 is 0 Å². The number of hydrogen-bond donors (Lipinski definition) is 1. The van der Waals surface area contributed by atoms with E-state index < -0.39 is 0 Å². The Morgan fingerprint density at radius 3 is 2.96 bits per heavy atom. The minimum atomic E-state index is 0.651. The molecule has 0 saturated carbocycles. The maximum Gasteiger partial charge on any atom is 0.194 e. The van der Waals surface area contributed by atoms with Crippen LogP contribution in [0.2, 0.25) is 0 Å². The molecule has 0 atom stereocenters. The molecule has 1 aliphatic heterocycles. The summed E-state index contributed by atoms with van der Waals surface area (Å²) in [6, 6.07) is 8.44. The lowest BCUT2D eigenvalue weighted by Crippen LogP contribution is -2.38. The number of nitrogens with one attached hydrogen (secondary N) is 1. The molecule has 6 heteroatoms. The van der Waals surface area contributed by atoms with Crippen LogP contribution in [0.5, 0.6) is 0 Å². The molecule has 0 amide bonds. The molecule has 0 saturated heterocycles. The van der Waals surface area contributed by atoms with Gasteiger partial charge in [0.15, 0.2) is 11.8 Å². The van der Waals surface area contributed by atoms with Gasteiger partial charge in [-0.05, 0) is 24.5 Å². The summed E-state index contributed by atoms with van der Waals surface area (Å²) in [4.78, 5) is 6.51. The second kappa shape index (κ2) is 6.81. The van der Waals surface area contributed by atoms with Gasteiger partial charge >= 0.3 is 0 Å². The molecule has 3 rings (SSSR count). The van der Waals surface area contributed by atoms with E-state index in [4.69, 9.17) is 0 Å². The van der Waals surface area contributed by atoms with Gasteiger partial charge in [0.05, 0.1) is 6.54 Å². The number of aryl methyl sites for hydroxylation is 2. The number of benzene rings is 1. The second-order valence-corrected chi connectivity index (χ2v) is 5.97. The molecule has 23 heavy (non-hydrogen) atoms. The molecule has 6 nitrogen and oxygen atoms in total. The summed E-state index contributed by atoms with van der Waals surface area (Å²) in [5, 5.41) is 11.9. The van der Waals surface area contributed by atoms with Crippen LogP contribution in [0, 0.1) is 6.92 Å². The molecule has 122 valence electrons. The minimum absolute atomic E-state index is 0.651. The first-order valence-corrected chi connectivity index (χ1v) is 8.06. The van der Waals surface area contributed by atoms with Crippen molar-refractivity contribution in [2.24, 2.45) is 4.99 Å². The highest BCUT2D eigenvalue weighted by Crippen LogP contribution is 2.14. The first kappa shape index (κ1) is 15.5. The molecule has 2 heterocycles. The topological polar surface area (TPSA) is 58.3 Å². The van der Waals surface area contributed by atoms with Crippen LogP contribution in [0.3, 0.4) is 0 Å². The molecule has 0 radical (unpaired) electrons. The largest absolute Gasteiger partial charge is 0.349 e. The van der Waals surface area contributed by atoms with Gasteiger partial charge in [-0.1, -0.05) is 24.3 Å². The highest BCUT2D eigenvalue weighted by atomic mass is 15.3. The quantitative estimate of drug-likeness (QED) is 0.690. The highest BCUT2D eigenvalue weighted by Gasteiger charge is 2.17. The van der Waals surface area contributed by atoms with E-state index in [0.717, 1.165) is 37.1 Å². The summed E-state index contributed by atoms with van der Waals surface area (Å²) < 4.78 is 2.21. The fourth-order valence-corrected chi connectivity index (χ4v) is 3.00. The average Bonchev–Trinajstić information content (AvgIpc) is 3.14. The maximum absolute atomic E-state index is 4.38. The maximum atomic E-state index is 4.38. The molecule has 0 unspecified atom stereocenters. The molecule has 0 aliphatic carbocycles. The summed E-state index contributed by atoms with van der Waals surface area (Å²) >= 11 is 0. The summed E-state index contributed by atoms with van der Waals surface area (Å²) in [5.74, 6) is 2.96. The lowest BCUT2D eigenvalue weighted by atomic mass is 10.1. The molecule has 1 aliphatic rings. The fourth-order valence-electron chi connectivity index (χ4n) is 3.00. The number of aliphatic imine (C=N–C) groups is 1. The van der Waals surface area contributed by atoms with Crippen LogP contribution in [0.4, 0.5) is 0 Å². The van der Waals surface area contributed by atoms with E-state index in [-0.39, 0.29) is 0 Å². The molecule has 0 spiro atoms. The van der Waals surface area contributed by atoms with Crippen LogP contribution in [-0.4, -0.2) is 39.7 Å².